The number of rotatable bonds is 3. The molecular weight excluding hydrogens is 292 g/mol. The van der Waals surface area contributed by atoms with Crippen LogP contribution < -0.4 is 4.90 Å². The summed E-state index contributed by atoms with van der Waals surface area (Å²) in [6.45, 7) is 3.32. The smallest absolute Gasteiger partial charge is 0.240 e. The topological polar surface area (TPSA) is 70.4 Å². The lowest BCUT2D eigenvalue weighted by atomic mass is 9.88. The third-order valence-corrected chi connectivity index (χ3v) is 3.97. The molecule has 110 valence electrons. The summed E-state index contributed by atoms with van der Waals surface area (Å²) < 4.78 is 5.06. The fourth-order valence-corrected chi connectivity index (χ4v) is 2.65. The highest BCUT2D eigenvalue weighted by Crippen LogP contribution is 2.37. The molecule has 0 aromatic heterocycles. The van der Waals surface area contributed by atoms with Crippen molar-refractivity contribution in [1.82, 2.24) is 0 Å². The lowest BCUT2D eigenvalue weighted by Gasteiger charge is -2.23. The van der Waals surface area contributed by atoms with E-state index in [0.717, 1.165) is 0 Å². The number of methoxy groups -OCH3 is 1. The van der Waals surface area contributed by atoms with Crippen LogP contribution in [-0.2, 0) is 14.3 Å². The number of anilines is 1. The molecule has 0 saturated carbocycles. The van der Waals surface area contributed by atoms with Crippen LogP contribution in [0, 0.1) is 16.7 Å². The Morgan fingerprint density at radius 3 is 2.62 bits per heavy atom. The molecule has 0 N–H and O–H groups in total. The third kappa shape index (κ3) is 2.41. The van der Waals surface area contributed by atoms with Crippen molar-refractivity contribution in [3.05, 3.63) is 28.8 Å². The van der Waals surface area contributed by atoms with Crippen molar-refractivity contribution in [1.29, 1.82) is 5.26 Å². The quantitative estimate of drug-likeness (QED) is 0.802. The number of hydrogen-bond donors (Lipinski definition) is 0. The number of carbonyl (C=O) groups is 2. The average molecular weight is 307 g/mol. The van der Waals surface area contributed by atoms with Gasteiger partial charge in [0.2, 0.25) is 5.91 Å². The summed E-state index contributed by atoms with van der Waals surface area (Å²) in [7, 11) is 1.48. The van der Waals surface area contributed by atoms with Crippen molar-refractivity contribution in [2.45, 2.75) is 19.9 Å². The number of benzene rings is 1. The van der Waals surface area contributed by atoms with E-state index in [9.17, 15) is 9.59 Å². The molecule has 1 atom stereocenters. The highest BCUT2D eigenvalue weighted by atomic mass is 35.5. The molecule has 0 bridgehead atoms. The molecule has 0 aliphatic carbocycles. The van der Waals surface area contributed by atoms with Gasteiger partial charge in [-0.25, -0.2) is 0 Å². The summed E-state index contributed by atoms with van der Waals surface area (Å²) in [4.78, 5) is 26.3. The van der Waals surface area contributed by atoms with E-state index in [1.54, 1.807) is 19.9 Å². The second-order valence-corrected chi connectivity index (χ2v) is 5.82. The Bertz CT molecular complexity index is 649. The highest BCUT2D eigenvalue weighted by Gasteiger charge is 2.53. The molecule has 21 heavy (non-hydrogen) atoms. The van der Waals surface area contributed by atoms with E-state index >= 15 is 0 Å². The van der Waals surface area contributed by atoms with Crippen LogP contribution in [0.4, 0.5) is 5.69 Å². The molecule has 1 amide bonds. The van der Waals surface area contributed by atoms with Crippen LogP contribution in [0.25, 0.3) is 0 Å². The first-order valence-electron chi connectivity index (χ1n) is 6.41. The summed E-state index contributed by atoms with van der Waals surface area (Å²) in [5.74, 6) is -0.481. The molecule has 1 fully saturated rings. The zero-order valence-electron chi connectivity index (χ0n) is 12.0. The number of carbonyl (C=O) groups excluding carboxylic acids is 2. The Kier molecular flexibility index (Phi) is 4.04. The average Bonchev–Trinajstić information content (AvgIpc) is 2.61. The lowest BCUT2D eigenvalue weighted by Crippen LogP contribution is -2.38. The van der Waals surface area contributed by atoms with Crippen molar-refractivity contribution in [3.8, 4) is 6.07 Å². The molecule has 1 unspecified atom stereocenters. The van der Waals surface area contributed by atoms with E-state index in [2.05, 4.69) is 0 Å². The fraction of sp³-hybridized carbons (Fsp3) is 0.400. The number of nitriles is 1. The molecule has 0 radical (unpaired) electrons. The molecule has 1 heterocycles. The zero-order valence-corrected chi connectivity index (χ0v) is 12.8. The Morgan fingerprint density at radius 2 is 2.10 bits per heavy atom. The van der Waals surface area contributed by atoms with Gasteiger partial charge in [0.1, 0.15) is 17.5 Å². The molecule has 1 saturated heterocycles. The van der Waals surface area contributed by atoms with Gasteiger partial charge >= 0.3 is 0 Å². The second kappa shape index (κ2) is 5.47. The Hall–Kier alpha value is -1.90. The SMILES string of the molecule is COCC1C(=O)C(C)(C)C(=O)N1c1ccc(C#N)c(Cl)c1. The molecular formula is C15H15ClN2O3. The monoisotopic (exact) mass is 306 g/mol. The molecule has 6 heteroatoms. The first-order chi connectivity index (χ1) is 9.84. The standard InChI is InChI=1S/C15H15ClN2O3/c1-15(2)13(19)12(8-21-3)18(14(15)20)10-5-4-9(7-17)11(16)6-10/h4-6,12H,8H2,1-3H3. The van der Waals surface area contributed by atoms with E-state index in [1.165, 1.54) is 24.1 Å². The first kappa shape index (κ1) is 15.5. The van der Waals surface area contributed by atoms with Gasteiger partial charge in [-0.15, -0.1) is 0 Å². The number of Topliss-reactive ketones (excluding diaryl/α,β-unsaturated/α-hetero) is 1. The Morgan fingerprint density at radius 1 is 1.43 bits per heavy atom. The minimum Gasteiger partial charge on any atom is -0.382 e. The molecule has 1 aromatic carbocycles. The number of ether oxygens (including phenoxy) is 1. The van der Waals surface area contributed by atoms with Crippen LogP contribution in [-0.4, -0.2) is 31.4 Å². The molecule has 1 aliphatic rings. The Labute approximate surface area is 128 Å². The van der Waals surface area contributed by atoms with Gasteiger partial charge in [-0.2, -0.15) is 5.26 Å². The van der Waals surface area contributed by atoms with Gasteiger partial charge in [0.05, 0.1) is 17.2 Å². The third-order valence-electron chi connectivity index (χ3n) is 3.66. The van der Waals surface area contributed by atoms with Gasteiger partial charge in [-0.1, -0.05) is 11.6 Å². The predicted octanol–water partition coefficient (Wildman–Crippen LogP) is 2.17. The minimum atomic E-state index is -1.09. The maximum Gasteiger partial charge on any atom is 0.240 e. The van der Waals surface area contributed by atoms with E-state index in [4.69, 9.17) is 21.6 Å². The largest absolute Gasteiger partial charge is 0.382 e. The van der Waals surface area contributed by atoms with Crippen LogP contribution in [0.1, 0.15) is 19.4 Å². The number of ketones is 1. The number of nitrogens with zero attached hydrogens (tertiary/aromatic N) is 2. The summed E-state index contributed by atoms with van der Waals surface area (Å²) in [6.07, 6.45) is 0. The van der Waals surface area contributed by atoms with Crippen molar-refractivity contribution in [3.63, 3.8) is 0 Å². The van der Waals surface area contributed by atoms with Crippen molar-refractivity contribution in [2.75, 3.05) is 18.6 Å². The van der Waals surface area contributed by atoms with Crippen molar-refractivity contribution < 1.29 is 14.3 Å². The van der Waals surface area contributed by atoms with E-state index < -0.39 is 11.5 Å². The molecule has 1 aromatic rings. The summed E-state index contributed by atoms with van der Waals surface area (Å²) >= 11 is 6.01. The van der Waals surface area contributed by atoms with Crippen LogP contribution in [0.15, 0.2) is 18.2 Å². The zero-order chi connectivity index (χ0) is 15.8. The maximum atomic E-state index is 12.5. The predicted molar refractivity (Wildman–Crippen MR) is 78.1 cm³/mol. The number of hydrogen-bond acceptors (Lipinski definition) is 4. The van der Waals surface area contributed by atoms with Gasteiger partial charge in [0, 0.05) is 12.8 Å². The molecule has 2 rings (SSSR count). The Balaban J connectivity index is 2.50. The molecule has 1 aliphatic heterocycles. The molecule has 0 spiro atoms. The maximum absolute atomic E-state index is 12.5. The van der Waals surface area contributed by atoms with Gasteiger partial charge in [0.25, 0.3) is 0 Å². The lowest BCUT2D eigenvalue weighted by molar-refractivity contribution is -0.133. The fourth-order valence-electron chi connectivity index (χ4n) is 2.43. The van der Waals surface area contributed by atoms with Crippen molar-refractivity contribution in [2.24, 2.45) is 5.41 Å². The van der Waals surface area contributed by atoms with Crippen LogP contribution in [0.3, 0.4) is 0 Å². The van der Waals surface area contributed by atoms with Gasteiger partial charge in [-0.3, -0.25) is 14.5 Å². The summed E-state index contributed by atoms with van der Waals surface area (Å²) in [6, 6.07) is 5.95. The second-order valence-electron chi connectivity index (χ2n) is 5.41. The normalized spacial score (nSPS) is 20.7. The van der Waals surface area contributed by atoms with E-state index in [1.807, 2.05) is 6.07 Å². The minimum absolute atomic E-state index is 0.117. The highest BCUT2D eigenvalue weighted by molar-refractivity contribution is 6.32. The first-order valence-corrected chi connectivity index (χ1v) is 6.79. The van der Waals surface area contributed by atoms with E-state index in [-0.39, 0.29) is 23.3 Å². The van der Waals surface area contributed by atoms with Crippen molar-refractivity contribution >= 4 is 29.0 Å². The van der Waals surface area contributed by atoms with Crippen LogP contribution in [0.2, 0.25) is 5.02 Å². The molecule has 5 nitrogen and oxygen atoms in total. The van der Waals surface area contributed by atoms with Crippen LogP contribution >= 0.6 is 11.6 Å². The summed E-state index contributed by atoms with van der Waals surface area (Å²) in [5.41, 5.74) is -0.283. The summed E-state index contributed by atoms with van der Waals surface area (Å²) in [5, 5.41) is 9.15. The number of halogens is 1. The van der Waals surface area contributed by atoms with Gasteiger partial charge in [0.15, 0.2) is 5.78 Å². The van der Waals surface area contributed by atoms with Gasteiger partial charge < -0.3 is 4.74 Å². The van der Waals surface area contributed by atoms with Gasteiger partial charge in [-0.05, 0) is 32.0 Å². The van der Waals surface area contributed by atoms with E-state index in [0.29, 0.717) is 11.3 Å². The van der Waals surface area contributed by atoms with Crippen LogP contribution in [0.5, 0.6) is 0 Å². The number of amides is 1.